The molecular weight excluding hydrogens is 372 g/mol. The molecule has 140 valence electrons. The van der Waals surface area contributed by atoms with Gasteiger partial charge in [0.1, 0.15) is 0 Å². The number of carboxylic acid groups (broad SMARTS) is 1. The number of fused-ring (bicyclic) bond motifs is 1. The summed E-state index contributed by atoms with van der Waals surface area (Å²) in [6, 6.07) is 20.4. The molecular formula is C23H19ClN2O2. The van der Waals surface area contributed by atoms with Gasteiger partial charge in [-0.25, -0.2) is 0 Å². The van der Waals surface area contributed by atoms with Crippen LogP contribution in [0.4, 0.5) is 0 Å². The predicted molar refractivity (Wildman–Crippen MR) is 113 cm³/mol. The van der Waals surface area contributed by atoms with E-state index >= 15 is 0 Å². The smallest absolute Gasteiger partial charge is 0.303 e. The molecule has 5 heteroatoms. The van der Waals surface area contributed by atoms with Crippen LogP contribution in [0.1, 0.15) is 17.7 Å². The van der Waals surface area contributed by atoms with E-state index in [1.807, 2.05) is 24.3 Å². The zero-order valence-corrected chi connectivity index (χ0v) is 16.1. The molecule has 0 spiro atoms. The van der Waals surface area contributed by atoms with Crippen LogP contribution in [0.2, 0.25) is 5.02 Å². The minimum Gasteiger partial charge on any atom is -0.481 e. The van der Waals surface area contributed by atoms with E-state index in [2.05, 4.69) is 53.5 Å². The Morgan fingerprint density at radius 3 is 2.39 bits per heavy atom. The summed E-state index contributed by atoms with van der Waals surface area (Å²) in [5.74, 6) is -0.836. The van der Waals surface area contributed by atoms with Gasteiger partial charge in [0.05, 0.1) is 22.7 Å². The molecule has 3 aromatic carbocycles. The molecule has 1 aromatic heterocycles. The Morgan fingerprint density at radius 1 is 1.04 bits per heavy atom. The van der Waals surface area contributed by atoms with Crippen molar-refractivity contribution in [2.45, 2.75) is 19.8 Å². The van der Waals surface area contributed by atoms with Crippen LogP contribution in [0.5, 0.6) is 0 Å². The van der Waals surface area contributed by atoms with Crippen LogP contribution >= 0.6 is 11.6 Å². The SMILES string of the molecule is Cc1ccccc1-c1ccc(-c2cc3c(CCC(=O)O)n[nH]c3cc2Cl)cc1. The van der Waals surface area contributed by atoms with Crippen LogP contribution in [0.3, 0.4) is 0 Å². The number of nitrogens with one attached hydrogen (secondary N) is 1. The molecule has 0 amide bonds. The van der Waals surface area contributed by atoms with Crippen molar-refractivity contribution >= 4 is 28.5 Å². The summed E-state index contributed by atoms with van der Waals surface area (Å²) in [4.78, 5) is 10.9. The Hall–Kier alpha value is -3.11. The quantitative estimate of drug-likeness (QED) is 0.447. The van der Waals surface area contributed by atoms with Crippen LogP contribution in [-0.2, 0) is 11.2 Å². The zero-order chi connectivity index (χ0) is 19.7. The van der Waals surface area contributed by atoms with Crippen LogP contribution in [-0.4, -0.2) is 21.3 Å². The minimum absolute atomic E-state index is 0.0447. The lowest BCUT2D eigenvalue weighted by atomic mass is 9.97. The van der Waals surface area contributed by atoms with E-state index in [9.17, 15) is 4.79 Å². The van der Waals surface area contributed by atoms with Gasteiger partial charge in [-0.2, -0.15) is 5.10 Å². The van der Waals surface area contributed by atoms with Crippen molar-refractivity contribution in [1.29, 1.82) is 0 Å². The normalized spacial score (nSPS) is 11.1. The number of aliphatic carboxylic acids is 1. The van der Waals surface area contributed by atoms with Gasteiger partial charge < -0.3 is 5.11 Å². The van der Waals surface area contributed by atoms with Crippen molar-refractivity contribution < 1.29 is 9.90 Å². The molecule has 0 aliphatic carbocycles. The van der Waals surface area contributed by atoms with Crippen LogP contribution in [0, 0.1) is 6.92 Å². The van der Waals surface area contributed by atoms with E-state index in [1.54, 1.807) is 0 Å². The maximum atomic E-state index is 10.9. The lowest BCUT2D eigenvalue weighted by Gasteiger charge is -2.09. The summed E-state index contributed by atoms with van der Waals surface area (Å²) in [6.45, 7) is 2.10. The summed E-state index contributed by atoms with van der Waals surface area (Å²) in [6.07, 6.45) is 0.422. The molecule has 2 N–H and O–H groups in total. The van der Waals surface area contributed by atoms with Crippen molar-refractivity contribution in [3.05, 3.63) is 76.9 Å². The first-order chi connectivity index (χ1) is 13.5. The van der Waals surface area contributed by atoms with Crippen LogP contribution in [0.25, 0.3) is 33.2 Å². The number of aromatic nitrogens is 2. The van der Waals surface area contributed by atoms with Gasteiger partial charge in [0.2, 0.25) is 0 Å². The van der Waals surface area contributed by atoms with E-state index in [1.165, 1.54) is 11.1 Å². The molecule has 0 unspecified atom stereocenters. The minimum atomic E-state index is -0.836. The van der Waals surface area contributed by atoms with Gasteiger partial charge in [-0.1, -0.05) is 60.1 Å². The molecule has 0 saturated heterocycles. The predicted octanol–water partition coefficient (Wildman–Crippen LogP) is 5.88. The van der Waals surface area contributed by atoms with Crippen molar-refractivity contribution in [2.75, 3.05) is 0 Å². The van der Waals surface area contributed by atoms with Crippen molar-refractivity contribution in [3.63, 3.8) is 0 Å². The molecule has 0 aliphatic heterocycles. The molecule has 0 atom stereocenters. The van der Waals surface area contributed by atoms with E-state index in [0.717, 1.165) is 33.3 Å². The number of aromatic amines is 1. The fourth-order valence-electron chi connectivity index (χ4n) is 3.46. The number of carbonyl (C=O) groups is 1. The summed E-state index contributed by atoms with van der Waals surface area (Å²) >= 11 is 6.51. The molecule has 0 fully saturated rings. The molecule has 4 aromatic rings. The second-order valence-corrected chi connectivity index (χ2v) is 7.24. The van der Waals surface area contributed by atoms with Gasteiger partial charge in [-0.05, 0) is 41.3 Å². The molecule has 0 bridgehead atoms. The van der Waals surface area contributed by atoms with Gasteiger partial charge in [0, 0.05) is 17.4 Å². The Labute approximate surface area is 167 Å². The Morgan fingerprint density at radius 2 is 1.71 bits per heavy atom. The summed E-state index contributed by atoms with van der Waals surface area (Å²) in [7, 11) is 0. The molecule has 4 rings (SSSR count). The number of H-pyrrole nitrogens is 1. The number of benzene rings is 3. The first-order valence-electron chi connectivity index (χ1n) is 9.07. The van der Waals surface area contributed by atoms with Crippen LogP contribution in [0.15, 0.2) is 60.7 Å². The highest BCUT2D eigenvalue weighted by atomic mass is 35.5. The van der Waals surface area contributed by atoms with Gasteiger partial charge >= 0.3 is 5.97 Å². The van der Waals surface area contributed by atoms with Gasteiger partial charge in [-0.3, -0.25) is 9.89 Å². The molecule has 4 nitrogen and oxygen atoms in total. The van der Waals surface area contributed by atoms with Crippen LogP contribution < -0.4 is 0 Å². The average Bonchev–Trinajstić information content (AvgIpc) is 3.08. The fraction of sp³-hybridized carbons (Fsp3) is 0.130. The summed E-state index contributed by atoms with van der Waals surface area (Å²) in [5, 5.41) is 17.7. The first kappa shape index (κ1) is 18.3. The van der Waals surface area contributed by atoms with Crippen molar-refractivity contribution in [1.82, 2.24) is 10.2 Å². The lowest BCUT2D eigenvalue weighted by molar-refractivity contribution is -0.136. The Kier molecular flexibility index (Phi) is 4.88. The van der Waals surface area contributed by atoms with E-state index in [4.69, 9.17) is 16.7 Å². The standard InChI is InChI=1S/C23H19ClN2O2/c1-14-4-2-3-5-17(14)15-6-8-16(9-7-15)18-12-19-21(10-11-23(27)28)25-26-22(19)13-20(18)24/h2-9,12-13H,10-11H2,1H3,(H,25,26)(H,27,28). The zero-order valence-electron chi connectivity index (χ0n) is 15.4. The number of rotatable bonds is 5. The molecule has 0 aliphatic rings. The maximum absolute atomic E-state index is 10.9. The van der Waals surface area contributed by atoms with Gasteiger partial charge in [0.15, 0.2) is 0 Å². The van der Waals surface area contributed by atoms with Gasteiger partial charge in [0.25, 0.3) is 0 Å². The molecule has 0 radical (unpaired) electrons. The number of halogens is 1. The number of aryl methyl sites for hydroxylation is 2. The maximum Gasteiger partial charge on any atom is 0.303 e. The number of hydrogen-bond donors (Lipinski definition) is 2. The van der Waals surface area contributed by atoms with Gasteiger partial charge in [-0.15, -0.1) is 0 Å². The second kappa shape index (κ2) is 7.49. The second-order valence-electron chi connectivity index (χ2n) is 6.83. The Bertz CT molecular complexity index is 1160. The average molecular weight is 391 g/mol. The number of nitrogens with zero attached hydrogens (tertiary/aromatic N) is 1. The number of hydrogen-bond acceptors (Lipinski definition) is 2. The van der Waals surface area contributed by atoms with Crippen molar-refractivity contribution in [2.24, 2.45) is 0 Å². The number of carboxylic acids is 1. The van der Waals surface area contributed by atoms with Crippen molar-refractivity contribution in [3.8, 4) is 22.3 Å². The lowest BCUT2D eigenvalue weighted by Crippen LogP contribution is -1.98. The molecule has 1 heterocycles. The first-order valence-corrected chi connectivity index (χ1v) is 9.45. The third-order valence-electron chi connectivity index (χ3n) is 4.96. The van der Waals surface area contributed by atoms with E-state index in [0.29, 0.717) is 11.4 Å². The Balaban J connectivity index is 1.72. The largest absolute Gasteiger partial charge is 0.481 e. The fourth-order valence-corrected chi connectivity index (χ4v) is 3.73. The van der Waals surface area contributed by atoms with E-state index in [-0.39, 0.29) is 6.42 Å². The third-order valence-corrected chi connectivity index (χ3v) is 5.27. The monoisotopic (exact) mass is 390 g/mol. The molecule has 28 heavy (non-hydrogen) atoms. The highest BCUT2D eigenvalue weighted by Gasteiger charge is 2.13. The molecule has 0 saturated carbocycles. The van der Waals surface area contributed by atoms with E-state index < -0.39 is 5.97 Å². The highest BCUT2D eigenvalue weighted by Crippen LogP contribution is 2.34. The summed E-state index contributed by atoms with van der Waals surface area (Å²) in [5.41, 5.74) is 7.07. The summed E-state index contributed by atoms with van der Waals surface area (Å²) < 4.78 is 0. The highest BCUT2D eigenvalue weighted by molar-refractivity contribution is 6.34. The third kappa shape index (κ3) is 3.51. The topological polar surface area (TPSA) is 66.0 Å².